The van der Waals surface area contributed by atoms with Crippen LogP contribution >= 0.6 is 0 Å². The molecule has 0 aliphatic carbocycles. The molecule has 0 atom stereocenters. The summed E-state index contributed by atoms with van der Waals surface area (Å²) < 4.78 is 5.40. The molecule has 0 bridgehead atoms. The van der Waals surface area contributed by atoms with Gasteiger partial charge in [0.25, 0.3) is 0 Å². The van der Waals surface area contributed by atoms with Crippen LogP contribution in [0.4, 0.5) is 0 Å². The number of hydrogen-bond acceptors (Lipinski definition) is 3. The van der Waals surface area contributed by atoms with Crippen molar-refractivity contribution in [2.45, 2.75) is 13.5 Å². The maximum absolute atomic E-state index is 5.40. The number of para-hydroxylation sites is 1. The average molecular weight is 177 g/mol. The first kappa shape index (κ1) is 8.29. The van der Waals surface area contributed by atoms with Crippen LogP contribution in [0.5, 0.6) is 0 Å². The van der Waals surface area contributed by atoms with Gasteiger partial charge in [-0.2, -0.15) is 0 Å². The molecule has 0 saturated heterocycles. The van der Waals surface area contributed by atoms with Gasteiger partial charge in [-0.3, -0.25) is 4.84 Å². The minimum atomic E-state index is 0.385. The van der Waals surface area contributed by atoms with Gasteiger partial charge in [0.1, 0.15) is 5.58 Å². The van der Waals surface area contributed by atoms with Gasteiger partial charge in [-0.1, -0.05) is 18.2 Å². The van der Waals surface area contributed by atoms with E-state index in [-0.39, 0.29) is 0 Å². The molecule has 3 heteroatoms. The number of hydrogen-bond donors (Lipinski definition) is 1. The lowest BCUT2D eigenvalue weighted by molar-refractivity contribution is 0.124. The van der Waals surface area contributed by atoms with Crippen molar-refractivity contribution in [3.05, 3.63) is 35.6 Å². The van der Waals surface area contributed by atoms with E-state index in [4.69, 9.17) is 10.3 Å². The molecule has 3 nitrogen and oxygen atoms in total. The summed E-state index contributed by atoms with van der Waals surface area (Å²) in [6.07, 6.45) is 1.69. The van der Waals surface area contributed by atoms with E-state index in [9.17, 15) is 0 Å². The van der Waals surface area contributed by atoms with Crippen LogP contribution < -0.4 is 5.90 Å². The molecule has 0 saturated carbocycles. The quantitative estimate of drug-likeness (QED) is 0.715. The lowest BCUT2D eigenvalue weighted by atomic mass is 10.1. The average Bonchev–Trinajstić information content (AvgIpc) is 2.51. The predicted molar refractivity (Wildman–Crippen MR) is 49.9 cm³/mol. The van der Waals surface area contributed by atoms with Crippen LogP contribution in [0, 0.1) is 6.92 Å². The van der Waals surface area contributed by atoms with Crippen LogP contribution in [-0.4, -0.2) is 0 Å². The Labute approximate surface area is 76.0 Å². The normalized spacial score (nSPS) is 10.9. The van der Waals surface area contributed by atoms with E-state index in [0.717, 1.165) is 22.1 Å². The number of nitrogens with two attached hydrogens (primary N) is 1. The van der Waals surface area contributed by atoms with Gasteiger partial charge >= 0.3 is 0 Å². The molecule has 2 aromatic rings. The Hall–Kier alpha value is -1.32. The standard InChI is InChI=1S/C10H11NO2/c1-7-3-2-4-9-8(6-13-11)5-12-10(7)9/h2-5H,6,11H2,1H3. The van der Waals surface area contributed by atoms with Crippen molar-refractivity contribution in [1.82, 2.24) is 0 Å². The topological polar surface area (TPSA) is 48.4 Å². The van der Waals surface area contributed by atoms with Gasteiger partial charge in [-0.15, -0.1) is 0 Å². The molecule has 0 spiro atoms. The fraction of sp³-hybridized carbons (Fsp3) is 0.200. The Morgan fingerprint density at radius 3 is 3.08 bits per heavy atom. The highest BCUT2D eigenvalue weighted by Gasteiger charge is 2.06. The largest absolute Gasteiger partial charge is 0.464 e. The van der Waals surface area contributed by atoms with E-state index in [1.165, 1.54) is 0 Å². The van der Waals surface area contributed by atoms with Gasteiger partial charge in [0.15, 0.2) is 0 Å². The number of aryl methyl sites for hydroxylation is 1. The summed E-state index contributed by atoms with van der Waals surface area (Å²) in [6, 6.07) is 6.01. The van der Waals surface area contributed by atoms with Crippen molar-refractivity contribution in [1.29, 1.82) is 0 Å². The SMILES string of the molecule is Cc1cccc2c(CON)coc12. The van der Waals surface area contributed by atoms with E-state index >= 15 is 0 Å². The van der Waals surface area contributed by atoms with Crippen LogP contribution in [0.15, 0.2) is 28.9 Å². The van der Waals surface area contributed by atoms with Crippen LogP contribution in [0.2, 0.25) is 0 Å². The number of furan rings is 1. The molecule has 0 unspecified atom stereocenters. The van der Waals surface area contributed by atoms with Crippen LogP contribution in [-0.2, 0) is 11.4 Å². The van der Waals surface area contributed by atoms with Crippen molar-refractivity contribution < 1.29 is 9.25 Å². The summed E-state index contributed by atoms with van der Waals surface area (Å²) in [5.74, 6) is 5.01. The Morgan fingerprint density at radius 1 is 1.46 bits per heavy atom. The molecule has 0 radical (unpaired) electrons. The van der Waals surface area contributed by atoms with Crippen molar-refractivity contribution in [2.24, 2.45) is 5.90 Å². The van der Waals surface area contributed by atoms with Crippen molar-refractivity contribution in [3.63, 3.8) is 0 Å². The molecule has 0 fully saturated rings. The first-order chi connectivity index (χ1) is 6.33. The van der Waals surface area contributed by atoms with Gasteiger partial charge in [0.2, 0.25) is 0 Å². The Balaban J connectivity index is 2.61. The molecular weight excluding hydrogens is 166 g/mol. The highest BCUT2D eigenvalue weighted by molar-refractivity contribution is 5.83. The number of benzene rings is 1. The molecule has 0 amide bonds. The van der Waals surface area contributed by atoms with Gasteiger partial charge in [0.05, 0.1) is 12.9 Å². The second-order valence-electron chi connectivity index (χ2n) is 3.02. The maximum Gasteiger partial charge on any atom is 0.137 e. The lowest BCUT2D eigenvalue weighted by Crippen LogP contribution is -1.97. The fourth-order valence-corrected chi connectivity index (χ4v) is 1.46. The number of fused-ring (bicyclic) bond motifs is 1. The van der Waals surface area contributed by atoms with Gasteiger partial charge in [-0.05, 0) is 12.5 Å². The first-order valence-corrected chi connectivity index (χ1v) is 4.10. The molecule has 0 aliphatic heterocycles. The molecule has 2 rings (SSSR count). The third-order valence-corrected chi connectivity index (χ3v) is 2.12. The zero-order valence-corrected chi connectivity index (χ0v) is 7.41. The zero-order valence-electron chi connectivity index (χ0n) is 7.41. The second-order valence-corrected chi connectivity index (χ2v) is 3.02. The van der Waals surface area contributed by atoms with Gasteiger partial charge in [0, 0.05) is 10.9 Å². The molecular formula is C10H11NO2. The van der Waals surface area contributed by atoms with Crippen LogP contribution in [0.25, 0.3) is 11.0 Å². The van der Waals surface area contributed by atoms with Gasteiger partial charge < -0.3 is 4.42 Å². The molecule has 0 aliphatic rings. The third-order valence-electron chi connectivity index (χ3n) is 2.12. The van der Waals surface area contributed by atoms with E-state index in [2.05, 4.69) is 4.84 Å². The minimum Gasteiger partial charge on any atom is -0.464 e. The first-order valence-electron chi connectivity index (χ1n) is 4.10. The van der Waals surface area contributed by atoms with Crippen molar-refractivity contribution in [3.8, 4) is 0 Å². The molecule has 13 heavy (non-hydrogen) atoms. The smallest absolute Gasteiger partial charge is 0.137 e. The van der Waals surface area contributed by atoms with E-state index in [1.807, 2.05) is 25.1 Å². The summed E-state index contributed by atoms with van der Waals surface area (Å²) in [7, 11) is 0. The summed E-state index contributed by atoms with van der Waals surface area (Å²) in [4.78, 5) is 4.57. The molecule has 1 heterocycles. The number of rotatable bonds is 2. The second kappa shape index (κ2) is 3.20. The summed E-state index contributed by atoms with van der Waals surface area (Å²) >= 11 is 0. The van der Waals surface area contributed by atoms with Crippen LogP contribution in [0.3, 0.4) is 0 Å². The van der Waals surface area contributed by atoms with Crippen molar-refractivity contribution >= 4 is 11.0 Å². The fourth-order valence-electron chi connectivity index (χ4n) is 1.46. The minimum absolute atomic E-state index is 0.385. The van der Waals surface area contributed by atoms with E-state index in [0.29, 0.717) is 6.61 Å². The van der Waals surface area contributed by atoms with Crippen LogP contribution in [0.1, 0.15) is 11.1 Å². The van der Waals surface area contributed by atoms with E-state index in [1.54, 1.807) is 6.26 Å². The predicted octanol–water partition coefficient (Wildman–Crippen LogP) is 2.13. The summed E-state index contributed by atoms with van der Waals surface area (Å²) in [5.41, 5.74) is 3.02. The summed E-state index contributed by atoms with van der Waals surface area (Å²) in [6.45, 7) is 2.40. The Bertz CT molecular complexity index is 420. The zero-order chi connectivity index (χ0) is 9.26. The highest BCUT2D eigenvalue weighted by Crippen LogP contribution is 2.24. The van der Waals surface area contributed by atoms with E-state index < -0.39 is 0 Å². The Morgan fingerprint density at radius 2 is 2.31 bits per heavy atom. The molecule has 68 valence electrons. The molecule has 1 aromatic heterocycles. The highest BCUT2D eigenvalue weighted by atomic mass is 16.6. The summed E-state index contributed by atoms with van der Waals surface area (Å²) in [5, 5.41) is 1.07. The maximum atomic E-state index is 5.40. The third kappa shape index (κ3) is 1.32. The Kier molecular flexibility index (Phi) is 2.04. The molecule has 2 N–H and O–H groups in total. The lowest BCUT2D eigenvalue weighted by Gasteiger charge is -1.95. The molecule has 1 aromatic carbocycles. The monoisotopic (exact) mass is 177 g/mol. The van der Waals surface area contributed by atoms with Gasteiger partial charge in [-0.25, -0.2) is 5.90 Å². The van der Waals surface area contributed by atoms with Crippen molar-refractivity contribution in [2.75, 3.05) is 0 Å².